The summed E-state index contributed by atoms with van der Waals surface area (Å²) in [6, 6.07) is 8.49. The maximum atomic E-state index is 12.9. The van der Waals surface area contributed by atoms with Gasteiger partial charge in [-0.05, 0) is 37.6 Å². The van der Waals surface area contributed by atoms with Crippen LogP contribution < -0.4 is 5.32 Å². The Bertz CT molecular complexity index is 482. The highest BCUT2D eigenvalue weighted by atomic mass is 19.1. The third kappa shape index (κ3) is 3.05. The lowest BCUT2D eigenvalue weighted by Gasteiger charge is -2.43. The lowest BCUT2D eigenvalue weighted by Crippen LogP contribution is -2.50. The zero-order chi connectivity index (χ0) is 13.9. The molecule has 102 valence electrons. The summed E-state index contributed by atoms with van der Waals surface area (Å²) in [5.41, 5.74) is -0.148. The summed E-state index contributed by atoms with van der Waals surface area (Å²) in [4.78, 5) is 0. The summed E-state index contributed by atoms with van der Waals surface area (Å²) in [7, 11) is 0. The van der Waals surface area contributed by atoms with Crippen LogP contribution in [0.1, 0.15) is 33.1 Å². The van der Waals surface area contributed by atoms with Crippen molar-refractivity contribution in [3.8, 4) is 6.07 Å². The number of nitrogens with one attached hydrogen (secondary N) is 1. The van der Waals surface area contributed by atoms with Gasteiger partial charge in [0.05, 0.1) is 18.3 Å². The molecule has 1 saturated heterocycles. The van der Waals surface area contributed by atoms with Crippen LogP contribution in [0.2, 0.25) is 0 Å². The highest BCUT2D eigenvalue weighted by Gasteiger charge is 2.42. The zero-order valence-corrected chi connectivity index (χ0v) is 11.4. The van der Waals surface area contributed by atoms with Crippen LogP contribution in [0.15, 0.2) is 24.3 Å². The van der Waals surface area contributed by atoms with Crippen molar-refractivity contribution in [1.29, 1.82) is 5.26 Å². The number of hydrogen-bond acceptors (Lipinski definition) is 3. The van der Waals surface area contributed by atoms with Gasteiger partial charge in [-0.25, -0.2) is 4.39 Å². The van der Waals surface area contributed by atoms with Crippen molar-refractivity contribution in [2.45, 2.75) is 44.2 Å². The number of hydrogen-bond donors (Lipinski definition) is 1. The first-order valence-corrected chi connectivity index (χ1v) is 6.60. The summed E-state index contributed by atoms with van der Waals surface area (Å²) in [6.07, 6.45) is 2.13. The van der Waals surface area contributed by atoms with Crippen molar-refractivity contribution < 1.29 is 9.13 Å². The van der Waals surface area contributed by atoms with E-state index in [0.717, 1.165) is 12.1 Å². The van der Waals surface area contributed by atoms with Crippen molar-refractivity contribution in [2.24, 2.45) is 0 Å². The average Bonchev–Trinajstić information content (AvgIpc) is 2.42. The van der Waals surface area contributed by atoms with Crippen molar-refractivity contribution in [3.63, 3.8) is 0 Å². The van der Waals surface area contributed by atoms with Crippen LogP contribution in [0.4, 0.5) is 10.1 Å². The lowest BCUT2D eigenvalue weighted by atomic mass is 9.80. The van der Waals surface area contributed by atoms with Gasteiger partial charge in [0.2, 0.25) is 0 Å². The molecule has 1 fully saturated rings. The molecule has 0 amide bonds. The van der Waals surface area contributed by atoms with Crippen molar-refractivity contribution >= 4 is 5.69 Å². The first kappa shape index (κ1) is 13.8. The molecule has 0 aliphatic carbocycles. The summed E-state index contributed by atoms with van der Waals surface area (Å²) >= 11 is 0. The number of nitriles is 1. The molecule has 19 heavy (non-hydrogen) atoms. The minimum absolute atomic E-state index is 0.276. The Morgan fingerprint density at radius 3 is 2.68 bits per heavy atom. The first-order valence-electron chi connectivity index (χ1n) is 6.60. The van der Waals surface area contributed by atoms with Crippen LogP contribution >= 0.6 is 0 Å². The fourth-order valence-electron chi connectivity index (χ4n) is 2.52. The molecule has 0 spiro atoms. The summed E-state index contributed by atoms with van der Waals surface area (Å²) < 4.78 is 18.7. The van der Waals surface area contributed by atoms with Crippen molar-refractivity contribution in [3.05, 3.63) is 30.1 Å². The van der Waals surface area contributed by atoms with E-state index in [2.05, 4.69) is 18.3 Å². The fraction of sp³-hybridized carbons (Fsp3) is 0.533. The second-order valence-electron chi connectivity index (χ2n) is 5.40. The maximum Gasteiger partial charge on any atom is 0.130 e. The van der Waals surface area contributed by atoms with Gasteiger partial charge in [0.25, 0.3) is 0 Å². The average molecular weight is 262 g/mol. The number of halogens is 1. The van der Waals surface area contributed by atoms with Crippen molar-refractivity contribution in [2.75, 3.05) is 11.9 Å². The van der Waals surface area contributed by atoms with E-state index in [1.54, 1.807) is 12.1 Å². The molecular formula is C15H19FN2O. The highest BCUT2D eigenvalue weighted by Crippen LogP contribution is 2.36. The Kier molecular flexibility index (Phi) is 3.77. The van der Waals surface area contributed by atoms with Crippen LogP contribution in [0.25, 0.3) is 0 Å². The van der Waals surface area contributed by atoms with E-state index >= 15 is 0 Å². The molecule has 1 aromatic rings. The Hall–Kier alpha value is -1.60. The minimum atomic E-state index is -0.638. The molecule has 1 N–H and O–H groups in total. The van der Waals surface area contributed by atoms with E-state index in [1.165, 1.54) is 12.1 Å². The van der Waals surface area contributed by atoms with E-state index in [4.69, 9.17) is 4.74 Å². The van der Waals surface area contributed by atoms with Crippen LogP contribution in [0.5, 0.6) is 0 Å². The predicted octanol–water partition coefficient (Wildman–Crippen LogP) is 3.48. The van der Waals surface area contributed by atoms with Crippen LogP contribution in [0, 0.1) is 17.1 Å². The quantitative estimate of drug-likeness (QED) is 0.907. The van der Waals surface area contributed by atoms with Gasteiger partial charge < -0.3 is 10.1 Å². The van der Waals surface area contributed by atoms with Gasteiger partial charge in [-0.2, -0.15) is 5.26 Å². The topological polar surface area (TPSA) is 45.0 Å². The molecule has 1 heterocycles. The van der Waals surface area contributed by atoms with Gasteiger partial charge in [-0.15, -0.1) is 0 Å². The Morgan fingerprint density at radius 1 is 1.42 bits per heavy atom. The van der Waals surface area contributed by atoms with E-state index in [1.807, 2.05) is 6.92 Å². The maximum absolute atomic E-state index is 12.9. The number of benzene rings is 1. The third-order valence-corrected chi connectivity index (χ3v) is 3.84. The van der Waals surface area contributed by atoms with E-state index in [0.29, 0.717) is 19.4 Å². The largest absolute Gasteiger partial charge is 0.375 e. The molecule has 0 aromatic heterocycles. The molecule has 4 heteroatoms. The molecule has 2 atom stereocenters. The molecule has 0 saturated carbocycles. The van der Waals surface area contributed by atoms with Crippen molar-refractivity contribution in [1.82, 2.24) is 0 Å². The number of anilines is 1. The molecular weight excluding hydrogens is 243 g/mol. The SMILES string of the molecule is CCC1(C)CC(C#N)(Nc2ccc(F)cc2)CCO1. The first-order chi connectivity index (χ1) is 9.01. The van der Waals surface area contributed by atoms with E-state index in [-0.39, 0.29) is 11.4 Å². The van der Waals surface area contributed by atoms with Gasteiger partial charge in [-0.1, -0.05) is 6.92 Å². The lowest BCUT2D eigenvalue weighted by molar-refractivity contribution is -0.0809. The fourth-order valence-corrected chi connectivity index (χ4v) is 2.52. The normalized spacial score (nSPS) is 30.6. The van der Waals surface area contributed by atoms with Gasteiger partial charge in [0, 0.05) is 18.5 Å². The summed E-state index contributed by atoms with van der Waals surface area (Å²) in [5, 5.41) is 12.8. The highest BCUT2D eigenvalue weighted by molar-refractivity contribution is 5.48. The molecule has 0 radical (unpaired) electrons. The van der Waals surface area contributed by atoms with E-state index < -0.39 is 5.54 Å². The molecule has 2 unspecified atom stereocenters. The van der Waals surface area contributed by atoms with E-state index in [9.17, 15) is 9.65 Å². The number of nitrogens with zero attached hydrogens (tertiary/aromatic N) is 1. The molecule has 2 rings (SSSR count). The Morgan fingerprint density at radius 2 is 2.11 bits per heavy atom. The van der Waals surface area contributed by atoms with Crippen LogP contribution in [-0.4, -0.2) is 17.7 Å². The predicted molar refractivity (Wildman–Crippen MR) is 72.2 cm³/mol. The van der Waals surface area contributed by atoms with Gasteiger partial charge >= 0.3 is 0 Å². The van der Waals surface area contributed by atoms with Gasteiger partial charge in [0.1, 0.15) is 11.4 Å². The smallest absolute Gasteiger partial charge is 0.130 e. The third-order valence-electron chi connectivity index (χ3n) is 3.84. The van der Waals surface area contributed by atoms with Gasteiger partial charge in [-0.3, -0.25) is 0 Å². The Labute approximate surface area is 113 Å². The minimum Gasteiger partial charge on any atom is -0.375 e. The second-order valence-corrected chi connectivity index (χ2v) is 5.40. The van der Waals surface area contributed by atoms with Crippen LogP contribution in [0.3, 0.4) is 0 Å². The van der Waals surface area contributed by atoms with Crippen LogP contribution in [-0.2, 0) is 4.74 Å². The summed E-state index contributed by atoms with van der Waals surface area (Å²) in [5.74, 6) is -0.276. The molecule has 1 aromatic carbocycles. The molecule has 0 bridgehead atoms. The zero-order valence-electron chi connectivity index (χ0n) is 11.4. The molecule has 3 nitrogen and oxygen atoms in total. The standard InChI is InChI=1S/C15H19FN2O/c1-3-14(2)10-15(11-17,8-9-19-14)18-13-6-4-12(16)5-7-13/h4-7,18H,3,8-10H2,1-2H3. The Balaban J connectivity index is 2.19. The summed E-state index contributed by atoms with van der Waals surface area (Å²) in [6.45, 7) is 4.65. The second kappa shape index (κ2) is 5.18. The molecule has 1 aliphatic rings. The monoisotopic (exact) mass is 262 g/mol. The molecule has 1 aliphatic heterocycles. The van der Waals surface area contributed by atoms with Gasteiger partial charge in [0.15, 0.2) is 0 Å². The number of ether oxygens (including phenoxy) is 1. The number of rotatable bonds is 3.